The van der Waals surface area contributed by atoms with Crippen molar-refractivity contribution in [1.29, 1.82) is 0 Å². The van der Waals surface area contributed by atoms with E-state index in [1.165, 1.54) is 0 Å². The van der Waals surface area contributed by atoms with Crippen LogP contribution in [0.5, 0.6) is 0 Å². The zero-order chi connectivity index (χ0) is 11.0. The van der Waals surface area contributed by atoms with Gasteiger partial charge in [0.05, 0.1) is 10.2 Å². The summed E-state index contributed by atoms with van der Waals surface area (Å²) >= 11 is 9.11. The standard InChI is InChI=1S/C9H8BrClN4/c1-5-3-6(2)15(14-5)8-7(10)4-12-9(11)13-8/h3-4H,1-2H3. The average molecular weight is 288 g/mol. The molecule has 0 saturated heterocycles. The van der Waals surface area contributed by atoms with Crippen LogP contribution in [0.4, 0.5) is 0 Å². The molecule has 0 aromatic carbocycles. The molecule has 0 radical (unpaired) electrons. The molecule has 2 rings (SSSR count). The highest BCUT2D eigenvalue weighted by Gasteiger charge is 2.10. The Morgan fingerprint density at radius 3 is 2.73 bits per heavy atom. The normalized spacial score (nSPS) is 10.7. The second kappa shape index (κ2) is 3.90. The minimum atomic E-state index is 0.209. The Hall–Kier alpha value is -0.940. The Balaban J connectivity index is 2.62. The van der Waals surface area contributed by atoms with E-state index in [1.807, 2.05) is 19.9 Å². The minimum absolute atomic E-state index is 0.209. The average Bonchev–Trinajstić information content (AvgIpc) is 2.50. The molecular weight excluding hydrogens is 279 g/mol. The van der Waals surface area contributed by atoms with Crippen molar-refractivity contribution in [1.82, 2.24) is 19.7 Å². The lowest BCUT2D eigenvalue weighted by atomic mass is 10.4. The first kappa shape index (κ1) is 10.6. The molecule has 0 saturated carbocycles. The fourth-order valence-corrected chi connectivity index (χ4v) is 1.82. The quantitative estimate of drug-likeness (QED) is 0.758. The molecule has 2 heterocycles. The number of nitrogens with zero attached hydrogens (tertiary/aromatic N) is 4. The second-order valence-electron chi connectivity index (χ2n) is 3.15. The third-order valence-corrected chi connectivity index (χ3v) is 2.65. The largest absolute Gasteiger partial charge is 0.225 e. The summed E-state index contributed by atoms with van der Waals surface area (Å²) in [5.74, 6) is 0.653. The number of aryl methyl sites for hydroxylation is 2. The molecule has 0 N–H and O–H groups in total. The molecule has 0 aliphatic rings. The highest BCUT2D eigenvalue weighted by Crippen LogP contribution is 2.20. The summed E-state index contributed by atoms with van der Waals surface area (Å²) in [6.07, 6.45) is 1.61. The Bertz CT molecular complexity index is 509. The smallest absolute Gasteiger partial charge is 0.224 e. The van der Waals surface area contributed by atoms with Gasteiger partial charge in [-0.3, -0.25) is 0 Å². The van der Waals surface area contributed by atoms with Crippen LogP contribution in [0, 0.1) is 13.8 Å². The van der Waals surface area contributed by atoms with E-state index >= 15 is 0 Å². The zero-order valence-electron chi connectivity index (χ0n) is 8.20. The van der Waals surface area contributed by atoms with Crippen LogP contribution in [0.3, 0.4) is 0 Å². The second-order valence-corrected chi connectivity index (χ2v) is 4.34. The maximum absolute atomic E-state index is 5.74. The van der Waals surface area contributed by atoms with E-state index in [2.05, 4.69) is 31.0 Å². The Kier molecular flexibility index (Phi) is 2.75. The molecule has 15 heavy (non-hydrogen) atoms. The van der Waals surface area contributed by atoms with E-state index in [4.69, 9.17) is 11.6 Å². The van der Waals surface area contributed by atoms with E-state index in [0.29, 0.717) is 5.82 Å². The third kappa shape index (κ3) is 2.03. The van der Waals surface area contributed by atoms with Gasteiger partial charge in [0.15, 0.2) is 5.82 Å². The lowest BCUT2D eigenvalue weighted by molar-refractivity contribution is 0.796. The molecule has 2 aromatic rings. The van der Waals surface area contributed by atoms with Gasteiger partial charge in [0.25, 0.3) is 0 Å². The highest BCUT2D eigenvalue weighted by molar-refractivity contribution is 9.10. The number of aromatic nitrogens is 4. The lowest BCUT2D eigenvalue weighted by Crippen LogP contribution is -2.04. The predicted octanol–water partition coefficient (Wildman–Crippen LogP) is 2.70. The third-order valence-electron chi connectivity index (χ3n) is 1.91. The summed E-state index contributed by atoms with van der Waals surface area (Å²) in [6, 6.07) is 1.97. The monoisotopic (exact) mass is 286 g/mol. The molecule has 78 valence electrons. The molecular formula is C9H8BrClN4. The van der Waals surface area contributed by atoms with Crippen LogP contribution >= 0.6 is 27.5 Å². The molecule has 0 fully saturated rings. The SMILES string of the molecule is Cc1cc(C)n(-c2nc(Cl)ncc2Br)n1. The van der Waals surface area contributed by atoms with Gasteiger partial charge >= 0.3 is 0 Å². The number of hydrogen-bond donors (Lipinski definition) is 0. The van der Waals surface area contributed by atoms with Crippen molar-refractivity contribution in [2.75, 3.05) is 0 Å². The molecule has 0 bridgehead atoms. The predicted molar refractivity (Wildman–Crippen MR) is 61.3 cm³/mol. The number of hydrogen-bond acceptors (Lipinski definition) is 3. The maximum atomic E-state index is 5.74. The Morgan fingerprint density at radius 2 is 2.13 bits per heavy atom. The van der Waals surface area contributed by atoms with Crippen molar-refractivity contribution in [3.8, 4) is 5.82 Å². The Labute approximate surface area is 100 Å². The van der Waals surface area contributed by atoms with Gasteiger partial charge in [0, 0.05) is 11.9 Å². The van der Waals surface area contributed by atoms with Crippen LogP contribution in [0.2, 0.25) is 5.28 Å². The minimum Gasteiger partial charge on any atom is -0.225 e. The molecule has 4 nitrogen and oxygen atoms in total. The molecule has 6 heteroatoms. The van der Waals surface area contributed by atoms with E-state index < -0.39 is 0 Å². The zero-order valence-corrected chi connectivity index (χ0v) is 10.5. The summed E-state index contributed by atoms with van der Waals surface area (Å²) in [6.45, 7) is 3.89. The van der Waals surface area contributed by atoms with Crippen LogP contribution in [-0.4, -0.2) is 19.7 Å². The van der Waals surface area contributed by atoms with Gasteiger partial charge in [-0.2, -0.15) is 10.1 Å². The first-order valence-electron chi connectivity index (χ1n) is 4.29. The van der Waals surface area contributed by atoms with Crippen molar-refractivity contribution in [2.45, 2.75) is 13.8 Å². The van der Waals surface area contributed by atoms with Crippen LogP contribution in [0.25, 0.3) is 5.82 Å². The summed E-state index contributed by atoms with van der Waals surface area (Å²) in [5, 5.41) is 4.53. The Morgan fingerprint density at radius 1 is 1.40 bits per heavy atom. The molecule has 2 aromatic heterocycles. The van der Waals surface area contributed by atoms with E-state index in [9.17, 15) is 0 Å². The van der Waals surface area contributed by atoms with Gasteiger partial charge in [-0.15, -0.1) is 0 Å². The first-order valence-corrected chi connectivity index (χ1v) is 5.46. The summed E-state index contributed by atoms with van der Waals surface area (Å²) in [4.78, 5) is 7.99. The highest BCUT2D eigenvalue weighted by atomic mass is 79.9. The van der Waals surface area contributed by atoms with Gasteiger partial charge in [0.1, 0.15) is 0 Å². The van der Waals surface area contributed by atoms with Gasteiger partial charge < -0.3 is 0 Å². The van der Waals surface area contributed by atoms with E-state index in [-0.39, 0.29) is 5.28 Å². The van der Waals surface area contributed by atoms with Crippen LogP contribution < -0.4 is 0 Å². The molecule has 0 aliphatic heterocycles. The van der Waals surface area contributed by atoms with Crippen LogP contribution in [0.1, 0.15) is 11.4 Å². The van der Waals surface area contributed by atoms with Crippen molar-refractivity contribution < 1.29 is 0 Å². The van der Waals surface area contributed by atoms with Crippen LogP contribution in [0.15, 0.2) is 16.7 Å². The van der Waals surface area contributed by atoms with Crippen molar-refractivity contribution >= 4 is 27.5 Å². The van der Waals surface area contributed by atoms with Crippen LogP contribution in [-0.2, 0) is 0 Å². The van der Waals surface area contributed by atoms with Crippen molar-refractivity contribution in [3.63, 3.8) is 0 Å². The fourth-order valence-electron chi connectivity index (χ4n) is 1.33. The van der Waals surface area contributed by atoms with Gasteiger partial charge in [-0.25, -0.2) is 9.67 Å². The summed E-state index contributed by atoms with van der Waals surface area (Å²) in [7, 11) is 0. The molecule has 0 spiro atoms. The molecule has 0 amide bonds. The van der Waals surface area contributed by atoms with E-state index in [0.717, 1.165) is 15.9 Å². The van der Waals surface area contributed by atoms with Gasteiger partial charge in [-0.05, 0) is 47.4 Å². The van der Waals surface area contributed by atoms with Gasteiger partial charge in [-0.1, -0.05) is 0 Å². The molecule has 0 aliphatic carbocycles. The first-order chi connectivity index (χ1) is 7.08. The number of rotatable bonds is 1. The topological polar surface area (TPSA) is 43.6 Å². The maximum Gasteiger partial charge on any atom is 0.224 e. The summed E-state index contributed by atoms with van der Waals surface area (Å²) in [5.41, 5.74) is 1.94. The molecule has 0 unspecified atom stereocenters. The van der Waals surface area contributed by atoms with E-state index in [1.54, 1.807) is 10.9 Å². The fraction of sp³-hybridized carbons (Fsp3) is 0.222. The van der Waals surface area contributed by atoms with Gasteiger partial charge in [0.2, 0.25) is 5.28 Å². The number of halogens is 2. The van der Waals surface area contributed by atoms with Crippen molar-refractivity contribution in [2.24, 2.45) is 0 Å². The summed E-state index contributed by atoms with van der Waals surface area (Å²) < 4.78 is 2.49. The van der Waals surface area contributed by atoms with Crippen molar-refractivity contribution in [3.05, 3.63) is 33.4 Å². The lowest BCUT2D eigenvalue weighted by Gasteiger charge is -2.05. The molecule has 0 atom stereocenters.